The van der Waals surface area contributed by atoms with Crippen LogP contribution in [0.15, 0.2) is 34.3 Å². The van der Waals surface area contributed by atoms with Crippen LogP contribution in [0.1, 0.15) is 5.56 Å². The Balaban J connectivity index is 1.71. The van der Waals surface area contributed by atoms with Crippen molar-refractivity contribution in [1.82, 2.24) is 25.1 Å². The lowest BCUT2D eigenvalue weighted by molar-refractivity contribution is -0.142. The summed E-state index contributed by atoms with van der Waals surface area (Å²) in [4.78, 5) is 0. The minimum Gasteiger partial charge on any atom is -0.299 e. The molecule has 0 saturated carbocycles. The van der Waals surface area contributed by atoms with Crippen molar-refractivity contribution < 1.29 is 17.8 Å². The predicted molar refractivity (Wildman–Crippen MR) is 67.4 cm³/mol. The predicted octanol–water partition coefficient (Wildman–Crippen LogP) is 2.67. The monoisotopic (exact) mass is 315 g/mol. The number of halogens is 3. The normalized spacial score (nSPS) is 12.1. The third-order valence-corrected chi connectivity index (χ3v) is 3.67. The Bertz CT molecular complexity index is 753. The molecule has 3 aromatic rings. The molecule has 3 rings (SSSR count). The van der Waals surface area contributed by atoms with Crippen molar-refractivity contribution in [2.45, 2.75) is 23.6 Å². The topological polar surface area (TPSA) is 69.6 Å². The Kier molecular flexibility index (Phi) is 3.53. The van der Waals surface area contributed by atoms with Gasteiger partial charge in [-0.25, -0.2) is 4.63 Å². The fourth-order valence-electron chi connectivity index (χ4n) is 1.72. The van der Waals surface area contributed by atoms with Gasteiger partial charge in [-0.15, -0.1) is 10.2 Å². The minimum absolute atomic E-state index is 0.214. The zero-order valence-electron chi connectivity index (χ0n) is 10.4. The van der Waals surface area contributed by atoms with E-state index in [1.165, 1.54) is 11.8 Å². The Morgan fingerprint density at radius 3 is 2.81 bits per heavy atom. The van der Waals surface area contributed by atoms with E-state index in [0.29, 0.717) is 16.8 Å². The fourth-order valence-corrected chi connectivity index (χ4v) is 2.58. The maximum Gasteiger partial charge on any atom is 0.406 e. The van der Waals surface area contributed by atoms with Gasteiger partial charge in [-0.05, 0) is 28.0 Å². The molecule has 0 aliphatic rings. The van der Waals surface area contributed by atoms with E-state index < -0.39 is 12.7 Å². The summed E-state index contributed by atoms with van der Waals surface area (Å²) in [5.74, 6) is 0.444. The van der Waals surface area contributed by atoms with Gasteiger partial charge in [0.2, 0.25) is 0 Å². The van der Waals surface area contributed by atoms with E-state index in [1.54, 1.807) is 12.1 Å². The molecule has 10 heteroatoms. The summed E-state index contributed by atoms with van der Waals surface area (Å²) in [6.45, 7) is -1.10. The van der Waals surface area contributed by atoms with Gasteiger partial charge in [0.05, 0.1) is 0 Å². The molecule has 0 bridgehead atoms. The highest BCUT2D eigenvalue weighted by atomic mass is 32.2. The third kappa shape index (κ3) is 3.32. The van der Waals surface area contributed by atoms with Crippen LogP contribution in [0, 0.1) is 0 Å². The summed E-state index contributed by atoms with van der Waals surface area (Å²) >= 11 is 1.17. The van der Waals surface area contributed by atoms with E-state index in [2.05, 4.69) is 25.1 Å². The number of fused-ring (bicyclic) bond motifs is 1. The van der Waals surface area contributed by atoms with Crippen LogP contribution in [0.4, 0.5) is 13.2 Å². The van der Waals surface area contributed by atoms with Crippen LogP contribution in [-0.4, -0.2) is 31.3 Å². The number of alkyl halides is 3. The van der Waals surface area contributed by atoms with Crippen LogP contribution in [0.25, 0.3) is 11.0 Å². The van der Waals surface area contributed by atoms with Gasteiger partial charge in [0.25, 0.3) is 0 Å². The number of hydrogen-bond acceptors (Lipinski definition) is 6. The summed E-state index contributed by atoms with van der Waals surface area (Å²) in [7, 11) is 0. The van der Waals surface area contributed by atoms with Crippen molar-refractivity contribution in [3.8, 4) is 0 Å². The van der Waals surface area contributed by atoms with E-state index in [1.807, 2.05) is 6.07 Å². The standard InChI is InChI=1S/C11H8F3N5OS/c12-11(13,14)5-19-6-15-16-10(19)21-4-7-1-2-8-9(3-7)18-20-17-8/h1-3,6H,4-5H2. The Morgan fingerprint density at radius 1 is 1.19 bits per heavy atom. The van der Waals surface area contributed by atoms with Crippen molar-refractivity contribution in [3.05, 3.63) is 30.1 Å². The lowest BCUT2D eigenvalue weighted by Crippen LogP contribution is -2.17. The van der Waals surface area contributed by atoms with Crippen LogP contribution >= 0.6 is 11.8 Å². The quantitative estimate of drug-likeness (QED) is 0.689. The lowest BCUT2D eigenvalue weighted by Gasteiger charge is -2.09. The average Bonchev–Trinajstić information content (AvgIpc) is 3.02. The van der Waals surface area contributed by atoms with Gasteiger partial charge in [-0.2, -0.15) is 13.2 Å². The molecule has 2 aromatic heterocycles. The average molecular weight is 315 g/mol. The molecule has 0 radical (unpaired) electrons. The molecule has 0 amide bonds. The van der Waals surface area contributed by atoms with Gasteiger partial charge < -0.3 is 0 Å². The molecule has 0 unspecified atom stereocenters. The van der Waals surface area contributed by atoms with Crippen molar-refractivity contribution in [2.75, 3.05) is 0 Å². The van der Waals surface area contributed by atoms with Gasteiger partial charge >= 0.3 is 6.18 Å². The zero-order chi connectivity index (χ0) is 14.9. The third-order valence-electron chi connectivity index (χ3n) is 2.62. The molecule has 0 saturated heterocycles. The molecular weight excluding hydrogens is 307 g/mol. The van der Waals surface area contributed by atoms with E-state index >= 15 is 0 Å². The van der Waals surface area contributed by atoms with Crippen LogP contribution in [0.3, 0.4) is 0 Å². The van der Waals surface area contributed by atoms with Gasteiger partial charge in [0.15, 0.2) is 5.16 Å². The number of nitrogens with zero attached hydrogens (tertiary/aromatic N) is 5. The number of benzene rings is 1. The van der Waals surface area contributed by atoms with Gasteiger partial charge in [0.1, 0.15) is 23.9 Å². The number of hydrogen-bond donors (Lipinski definition) is 0. The summed E-state index contributed by atoms with van der Waals surface area (Å²) in [6.07, 6.45) is -3.23. The first-order valence-corrected chi connectivity index (χ1v) is 6.78. The number of rotatable bonds is 4. The molecule has 0 spiro atoms. The van der Waals surface area contributed by atoms with E-state index in [0.717, 1.165) is 16.5 Å². The summed E-state index contributed by atoms with van der Waals surface area (Å²) in [5, 5.41) is 14.8. The highest BCUT2D eigenvalue weighted by Crippen LogP contribution is 2.25. The zero-order valence-corrected chi connectivity index (χ0v) is 11.2. The summed E-state index contributed by atoms with van der Waals surface area (Å²) in [6, 6.07) is 5.31. The van der Waals surface area contributed by atoms with E-state index in [-0.39, 0.29) is 5.16 Å². The van der Waals surface area contributed by atoms with Crippen LogP contribution in [0.2, 0.25) is 0 Å². The van der Waals surface area contributed by atoms with Crippen LogP contribution in [0.5, 0.6) is 0 Å². The Hall–Kier alpha value is -2.10. The van der Waals surface area contributed by atoms with Gasteiger partial charge in [-0.1, -0.05) is 17.8 Å². The van der Waals surface area contributed by atoms with E-state index in [4.69, 9.17) is 0 Å². The Labute approximate surface area is 120 Å². The summed E-state index contributed by atoms with van der Waals surface area (Å²) in [5.41, 5.74) is 2.11. The minimum atomic E-state index is -4.30. The molecule has 110 valence electrons. The lowest BCUT2D eigenvalue weighted by atomic mass is 10.2. The molecule has 0 atom stereocenters. The molecule has 21 heavy (non-hydrogen) atoms. The van der Waals surface area contributed by atoms with Gasteiger partial charge in [-0.3, -0.25) is 4.57 Å². The molecule has 1 aromatic carbocycles. The van der Waals surface area contributed by atoms with Gasteiger partial charge in [0, 0.05) is 5.75 Å². The van der Waals surface area contributed by atoms with Crippen molar-refractivity contribution >= 4 is 22.8 Å². The first-order chi connectivity index (χ1) is 10.0. The Morgan fingerprint density at radius 2 is 2.00 bits per heavy atom. The molecule has 2 heterocycles. The first kappa shape index (κ1) is 13.9. The first-order valence-electron chi connectivity index (χ1n) is 5.80. The SMILES string of the molecule is FC(F)(F)Cn1cnnc1SCc1ccc2nonc2c1. The molecule has 0 fully saturated rings. The second-order valence-electron chi connectivity index (χ2n) is 4.23. The second kappa shape index (κ2) is 5.35. The largest absolute Gasteiger partial charge is 0.406 e. The van der Waals surface area contributed by atoms with Crippen LogP contribution in [-0.2, 0) is 12.3 Å². The molecule has 0 aliphatic carbocycles. The van der Waals surface area contributed by atoms with Crippen molar-refractivity contribution in [2.24, 2.45) is 0 Å². The molecule has 0 N–H and O–H groups in total. The van der Waals surface area contributed by atoms with Crippen LogP contribution < -0.4 is 0 Å². The molecule has 0 aliphatic heterocycles. The number of aromatic nitrogens is 5. The summed E-state index contributed by atoms with van der Waals surface area (Å²) < 4.78 is 42.7. The maximum absolute atomic E-state index is 12.4. The highest BCUT2D eigenvalue weighted by molar-refractivity contribution is 7.98. The number of thioether (sulfide) groups is 1. The van der Waals surface area contributed by atoms with Crippen molar-refractivity contribution in [3.63, 3.8) is 0 Å². The molecule has 6 nitrogen and oxygen atoms in total. The molecular formula is C11H8F3N5OS. The van der Waals surface area contributed by atoms with Crippen molar-refractivity contribution in [1.29, 1.82) is 0 Å². The highest BCUT2D eigenvalue weighted by Gasteiger charge is 2.29. The maximum atomic E-state index is 12.4. The fraction of sp³-hybridized carbons (Fsp3) is 0.273. The van der Waals surface area contributed by atoms with E-state index in [9.17, 15) is 13.2 Å². The smallest absolute Gasteiger partial charge is 0.299 e. The second-order valence-corrected chi connectivity index (χ2v) is 5.18.